The summed E-state index contributed by atoms with van der Waals surface area (Å²) in [6, 6.07) is 4.47. The van der Waals surface area contributed by atoms with Crippen molar-refractivity contribution in [2.45, 2.75) is 18.8 Å². The molecule has 8 heteroatoms. The molecule has 0 unspecified atom stereocenters. The Balaban J connectivity index is 1.59. The van der Waals surface area contributed by atoms with Gasteiger partial charge in [0.1, 0.15) is 11.6 Å². The maximum absolute atomic E-state index is 13.6. The molecule has 24 heavy (non-hydrogen) atoms. The van der Waals surface area contributed by atoms with Crippen molar-refractivity contribution in [2.75, 3.05) is 24.1 Å². The second-order valence-corrected chi connectivity index (χ2v) is 5.66. The Morgan fingerprint density at radius 2 is 2.00 bits per heavy atom. The summed E-state index contributed by atoms with van der Waals surface area (Å²) in [5.74, 6) is -1.04. The van der Waals surface area contributed by atoms with Crippen molar-refractivity contribution in [2.24, 2.45) is 0 Å². The number of halogens is 2. The predicted octanol–water partition coefficient (Wildman–Crippen LogP) is 2.75. The van der Waals surface area contributed by atoms with E-state index in [2.05, 4.69) is 15.3 Å². The minimum atomic E-state index is -0.797. The van der Waals surface area contributed by atoms with Crippen molar-refractivity contribution in [1.82, 2.24) is 14.9 Å². The second-order valence-electron chi connectivity index (χ2n) is 5.66. The molecule has 2 aromatic rings. The maximum Gasteiger partial charge on any atom is 0.321 e. The molecular formula is C16H17F2N5O. The number of nitrogen functional groups attached to an aromatic ring is 1. The number of benzene rings is 1. The topological polar surface area (TPSA) is 84.1 Å². The van der Waals surface area contributed by atoms with Crippen LogP contribution in [0.5, 0.6) is 0 Å². The van der Waals surface area contributed by atoms with E-state index < -0.39 is 17.7 Å². The summed E-state index contributed by atoms with van der Waals surface area (Å²) in [7, 11) is 0. The summed E-state index contributed by atoms with van der Waals surface area (Å²) in [4.78, 5) is 21.9. The highest BCUT2D eigenvalue weighted by Crippen LogP contribution is 2.27. The fourth-order valence-corrected chi connectivity index (χ4v) is 2.78. The Hall–Kier alpha value is -2.77. The first kappa shape index (κ1) is 16.1. The number of nitrogens with zero attached hydrogens (tertiary/aromatic N) is 3. The molecule has 0 atom stereocenters. The molecule has 1 fully saturated rings. The van der Waals surface area contributed by atoms with Gasteiger partial charge in [-0.15, -0.1) is 0 Å². The number of rotatable bonds is 2. The highest BCUT2D eigenvalue weighted by molar-refractivity contribution is 5.89. The molecule has 0 bridgehead atoms. The van der Waals surface area contributed by atoms with Gasteiger partial charge in [0.2, 0.25) is 5.95 Å². The van der Waals surface area contributed by atoms with Gasteiger partial charge in [0.25, 0.3) is 0 Å². The van der Waals surface area contributed by atoms with Crippen LogP contribution < -0.4 is 11.1 Å². The summed E-state index contributed by atoms with van der Waals surface area (Å²) < 4.78 is 26.5. The van der Waals surface area contributed by atoms with Crippen molar-refractivity contribution in [3.05, 3.63) is 47.8 Å². The van der Waals surface area contributed by atoms with Crippen LogP contribution in [0.2, 0.25) is 0 Å². The summed E-state index contributed by atoms with van der Waals surface area (Å²) in [6.45, 7) is 1.03. The van der Waals surface area contributed by atoms with Crippen LogP contribution >= 0.6 is 0 Å². The first-order valence-corrected chi connectivity index (χ1v) is 7.62. The zero-order valence-electron chi connectivity index (χ0n) is 12.9. The average molecular weight is 333 g/mol. The number of hydrogen-bond donors (Lipinski definition) is 2. The van der Waals surface area contributed by atoms with E-state index in [1.807, 2.05) is 6.07 Å². The third-order valence-electron chi connectivity index (χ3n) is 4.07. The third-order valence-corrected chi connectivity index (χ3v) is 4.07. The van der Waals surface area contributed by atoms with Crippen LogP contribution in [0.4, 0.5) is 25.2 Å². The molecule has 3 rings (SSSR count). The van der Waals surface area contributed by atoms with Gasteiger partial charge in [-0.25, -0.2) is 23.5 Å². The summed E-state index contributed by atoms with van der Waals surface area (Å²) in [6.07, 6.45) is 3.08. The predicted molar refractivity (Wildman–Crippen MR) is 85.4 cm³/mol. The fraction of sp³-hybridized carbons (Fsp3) is 0.312. The number of aromatic nitrogens is 2. The Morgan fingerprint density at radius 3 is 2.67 bits per heavy atom. The molecule has 126 valence electrons. The van der Waals surface area contributed by atoms with E-state index in [0.29, 0.717) is 13.1 Å². The van der Waals surface area contributed by atoms with Gasteiger partial charge < -0.3 is 16.0 Å². The number of urea groups is 1. The van der Waals surface area contributed by atoms with Crippen LogP contribution in [0.25, 0.3) is 0 Å². The number of likely N-dealkylation sites (tertiary alicyclic amines) is 1. The third kappa shape index (κ3) is 3.58. The van der Waals surface area contributed by atoms with Crippen molar-refractivity contribution in [1.29, 1.82) is 0 Å². The van der Waals surface area contributed by atoms with Crippen LogP contribution in [0.15, 0.2) is 30.5 Å². The minimum absolute atomic E-state index is 0.0351. The van der Waals surface area contributed by atoms with Gasteiger partial charge in [-0.2, -0.15) is 0 Å². The number of piperidine rings is 1. The van der Waals surface area contributed by atoms with Crippen LogP contribution in [0.3, 0.4) is 0 Å². The zero-order chi connectivity index (χ0) is 17.1. The Kier molecular flexibility index (Phi) is 4.54. The summed E-state index contributed by atoms with van der Waals surface area (Å²) in [5.41, 5.74) is 6.43. The number of carbonyl (C=O) groups is 1. The lowest BCUT2D eigenvalue weighted by Gasteiger charge is -2.31. The number of hydrogen-bond acceptors (Lipinski definition) is 4. The Bertz CT molecular complexity index is 747. The molecule has 2 heterocycles. The molecule has 1 saturated heterocycles. The lowest BCUT2D eigenvalue weighted by molar-refractivity contribution is 0.194. The molecule has 0 spiro atoms. The fourth-order valence-electron chi connectivity index (χ4n) is 2.78. The smallest absolute Gasteiger partial charge is 0.321 e. The van der Waals surface area contributed by atoms with Gasteiger partial charge in [0.15, 0.2) is 0 Å². The second kappa shape index (κ2) is 6.77. The zero-order valence-corrected chi connectivity index (χ0v) is 12.9. The minimum Gasteiger partial charge on any atom is -0.368 e. The van der Waals surface area contributed by atoms with Crippen LogP contribution in [-0.4, -0.2) is 34.0 Å². The first-order valence-electron chi connectivity index (χ1n) is 7.62. The first-order chi connectivity index (χ1) is 11.5. The molecule has 6 nitrogen and oxygen atoms in total. The highest BCUT2D eigenvalue weighted by Gasteiger charge is 2.25. The molecule has 1 aliphatic heterocycles. The lowest BCUT2D eigenvalue weighted by atomic mass is 9.93. The standard InChI is InChI=1S/C16H17F2N5O/c17-11-1-2-14(12(18)9-11)22-16(24)23-7-4-10(5-8-23)13-3-6-20-15(19)21-13/h1-3,6,9-10H,4-5,7-8H2,(H,22,24)(H2,19,20,21). The molecule has 0 aliphatic carbocycles. The van der Waals surface area contributed by atoms with Gasteiger partial charge in [0, 0.05) is 37.0 Å². The van der Waals surface area contributed by atoms with E-state index in [-0.39, 0.29) is 17.6 Å². The van der Waals surface area contributed by atoms with Gasteiger partial charge in [-0.1, -0.05) is 0 Å². The normalized spacial score (nSPS) is 15.3. The van der Waals surface area contributed by atoms with E-state index in [9.17, 15) is 13.6 Å². The molecular weight excluding hydrogens is 316 g/mol. The molecule has 2 amide bonds. The van der Waals surface area contributed by atoms with Gasteiger partial charge in [-0.05, 0) is 31.0 Å². The molecule has 1 aromatic carbocycles. The number of amides is 2. The molecule has 3 N–H and O–H groups in total. The Labute approximate surface area is 137 Å². The molecule has 1 aromatic heterocycles. The Morgan fingerprint density at radius 1 is 1.25 bits per heavy atom. The van der Waals surface area contributed by atoms with E-state index in [4.69, 9.17) is 5.73 Å². The highest BCUT2D eigenvalue weighted by atomic mass is 19.1. The number of anilines is 2. The van der Waals surface area contributed by atoms with Gasteiger partial charge >= 0.3 is 6.03 Å². The number of nitrogens with two attached hydrogens (primary N) is 1. The van der Waals surface area contributed by atoms with Crippen LogP contribution in [0.1, 0.15) is 24.5 Å². The summed E-state index contributed by atoms with van der Waals surface area (Å²) in [5, 5.41) is 2.47. The summed E-state index contributed by atoms with van der Waals surface area (Å²) >= 11 is 0. The van der Waals surface area contributed by atoms with Crippen molar-refractivity contribution in [3.8, 4) is 0 Å². The maximum atomic E-state index is 13.6. The van der Waals surface area contributed by atoms with Gasteiger partial charge in [0.05, 0.1) is 5.69 Å². The van der Waals surface area contributed by atoms with Crippen LogP contribution in [-0.2, 0) is 0 Å². The van der Waals surface area contributed by atoms with Crippen LogP contribution in [0, 0.1) is 11.6 Å². The van der Waals surface area contributed by atoms with E-state index in [1.54, 1.807) is 11.1 Å². The SMILES string of the molecule is Nc1nccc(C2CCN(C(=O)Nc3ccc(F)cc3F)CC2)n1. The van der Waals surface area contributed by atoms with Crippen molar-refractivity contribution in [3.63, 3.8) is 0 Å². The monoisotopic (exact) mass is 333 g/mol. The quantitative estimate of drug-likeness (QED) is 0.885. The van der Waals surface area contributed by atoms with E-state index >= 15 is 0 Å². The van der Waals surface area contributed by atoms with Gasteiger partial charge in [-0.3, -0.25) is 0 Å². The largest absolute Gasteiger partial charge is 0.368 e. The molecule has 1 aliphatic rings. The number of nitrogens with one attached hydrogen (secondary N) is 1. The van der Waals surface area contributed by atoms with Crippen molar-refractivity contribution >= 4 is 17.7 Å². The number of carbonyl (C=O) groups excluding carboxylic acids is 1. The van der Waals surface area contributed by atoms with Crippen molar-refractivity contribution < 1.29 is 13.6 Å². The van der Waals surface area contributed by atoms with E-state index in [1.165, 1.54) is 6.07 Å². The molecule has 0 radical (unpaired) electrons. The average Bonchev–Trinajstić information content (AvgIpc) is 2.57. The molecule has 0 saturated carbocycles. The van der Waals surface area contributed by atoms with E-state index in [0.717, 1.165) is 30.7 Å². The lowest BCUT2D eigenvalue weighted by Crippen LogP contribution is -2.40.